The number of anilines is 1. The van der Waals surface area contributed by atoms with Crippen LogP contribution in [0, 0.1) is 5.82 Å². The monoisotopic (exact) mass is 471 g/mol. The van der Waals surface area contributed by atoms with Crippen molar-refractivity contribution in [2.45, 2.75) is 24.6 Å². The molecule has 14 heteroatoms. The van der Waals surface area contributed by atoms with Crippen molar-refractivity contribution in [3.8, 4) is 5.69 Å². The van der Waals surface area contributed by atoms with Crippen LogP contribution in [0.1, 0.15) is 22.3 Å². The summed E-state index contributed by atoms with van der Waals surface area (Å²) in [6.45, 7) is -0.823. The Balaban J connectivity index is 1.56. The fraction of sp³-hybridized carbons (Fsp3) is 0.316. The van der Waals surface area contributed by atoms with Gasteiger partial charge in [-0.05, 0) is 12.1 Å². The fourth-order valence-corrected chi connectivity index (χ4v) is 3.42. The summed E-state index contributed by atoms with van der Waals surface area (Å²) in [5.41, 5.74) is -1.22. The topological polar surface area (TPSA) is 88.8 Å². The number of rotatable bonds is 5. The Kier molecular flexibility index (Phi) is 5.68. The summed E-state index contributed by atoms with van der Waals surface area (Å²) in [6, 6.07) is 1.51. The highest BCUT2D eigenvalue weighted by Gasteiger charge is 2.51. The van der Waals surface area contributed by atoms with Gasteiger partial charge in [-0.15, -0.1) is 0 Å². The molecule has 174 valence electrons. The van der Waals surface area contributed by atoms with Crippen LogP contribution in [0.3, 0.4) is 0 Å². The summed E-state index contributed by atoms with van der Waals surface area (Å²) in [5.74, 6) is -5.08. The summed E-state index contributed by atoms with van der Waals surface area (Å²) >= 11 is 0. The van der Waals surface area contributed by atoms with Gasteiger partial charge in [0.15, 0.2) is 0 Å². The summed E-state index contributed by atoms with van der Waals surface area (Å²) in [5, 5.41) is 10.2. The van der Waals surface area contributed by atoms with Crippen LogP contribution in [0.2, 0.25) is 0 Å². The lowest BCUT2D eigenvalue weighted by Gasteiger charge is -2.28. The van der Waals surface area contributed by atoms with E-state index in [1.807, 2.05) is 0 Å². The number of halogens is 6. The lowest BCUT2D eigenvalue weighted by atomic mass is 10.1. The summed E-state index contributed by atoms with van der Waals surface area (Å²) < 4.78 is 80.9. The van der Waals surface area contributed by atoms with Crippen LogP contribution < -0.4 is 5.32 Å². The third-order valence-electron chi connectivity index (χ3n) is 5.07. The van der Waals surface area contributed by atoms with Gasteiger partial charge in [-0.25, -0.2) is 23.1 Å². The van der Waals surface area contributed by atoms with Gasteiger partial charge in [-0.2, -0.15) is 28.2 Å². The number of amides is 1. The molecular formula is C19H15F6N7O. The van der Waals surface area contributed by atoms with Crippen LogP contribution in [0.15, 0.2) is 43.0 Å². The maximum atomic E-state index is 14.6. The molecule has 3 heterocycles. The van der Waals surface area contributed by atoms with Crippen LogP contribution in [-0.4, -0.2) is 60.8 Å². The van der Waals surface area contributed by atoms with Gasteiger partial charge in [0, 0.05) is 38.0 Å². The minimum absolute atomic E-state index is 0.0296. The second kappa shape index (κ2) is 8.33. The van der Waals surface area contributed by atoms with Gasteiger partial charge in [0.25, 0.3) is 11.8 Å². The molecule has 0 bridgehead atoms. The minimum atomic E-state index is -4.64. The predicted octanol–water partition coefficient (Wildman–Crippen LogP) is 3.18. The molecule has 0 saturated carbocycles. The van der Waals surface area contributed by atoms with Crippen molar-refractivity contribution in [3.05, 3.63) is 59.9 Å². The molecule has 1 amide bonds. The van der Waals surface area contributed by atoms with Crippen LogP contribution in [0.5, 0.6) is 0 Å². The van der Waals surface area contributed by atoms with Crippen molar-refractivity contribution in [2.75, 3.05) is 18.4 Å². The average Bonchev–Trinajstić information content (AvgIpc) is 3.39. The lowest BCUT2D eigenvalue weighted by Crippen LogP contribution is -2.47. The fourth-order valence-electron chi connectivity index (χ4n) is 3.42. The maximum Gasteiger partial charge on any atom is 0.419 e. The highest BCUT2D eigenvalue weighted by molar-refractivity contribution is 5.98. The second-order valence-electron chi connectivity index (χ2n) is 7.18. The number of carbonyl (C=O) groups is 1. The summed E-state index contributed by atoms with van der Waals surface area (Å²) in [6.07, 6.45) is -1.62. The average molecular weight is 471 g/mol. The Hall–Kier alpha value is -3.71. The van der Waals surface area contributed by atoms with Gasteiger partial charge in [-0.3, -0.25) is 4.79 Å². The molecule has 1 atom stereocenters. The summed E-state index contributed by atoms with van der Waals surface area (Å²) in [4.78, 5) is 22.0. The number of hydrogen-bond donors (Lipinski definition) is 1. The number of nitrogens with zero attached hydrogens (tertiary/aromatic N) is 6. The van der Waals surface area contributed by atoms with E-state index in [0.717, 1.165) is 27.9 Å². The Morgan fingerprint density at radius 1 is 1.15 bits per heavy atom. The van der Waals surface area contributed by atoms with Crippen molar-refractivity contribution in [2.24, 2.45) is 0 Å². The molecule has 1 aliphatic heterocycles. The first kappa shape index (κ1) is 22.5. The van der Waals surface area contributed by atoms with E-state index < -0.39 is 48.4 Å². The molecule has 1 aromatic carbocycles. The Morgan fingerprint density at radius 2 is 1.82 bits per heavy atom. The van der Waals surface area contributed by atoms with Gasteiger partial charge >= 0.3 is 6.18 Å². The van der Waals surface area contributed by atoms with Crippen LogP contribution in [-0.2, 0) is 6.18 Å². The molecule has 1 saturated heterocycles. The molecule has 8 nitrogen and oxygen atoms in total. The molecule has 0 spiro atoms. The molecule has 3 aromatic rings. The number of alkyl halides is 5. The number of benzene rings is 1. The highest BCUT2D eigenvalue weighted by Crippen LogP contribution is 2.36. The predicted molar refractivity (Wildman–Crippen MR) is 101 cm³/mol. The zero-order chi connectivity index (χ0) is 23.8. The molecule has 1 N–H and O–H groups in total. The van der Waals surface area contributed by atoms with Crippen molar-refractivity contribution in [3.63, 3.8) is 0 Å². The van der Waals surface area contributed by atoms with Gasteiger partial charge in [0.2, 0.25) is 5.95 Å². The van der Waals surface area contributed by atoms with Gasteiger partial charge < -0.3 is 10.2 Å². The standard InChI is InChI=1S/C19H15F6N7O/c20-12-1-2-13(14(7-12)32-29-4-5-30-32)16(33)31-6-3-18(21,22)15(31)10-28-17-26-8-11(9-27-17)19(23,24)25/h1-2,4-5,7-9,15H,3,6,10H2,(H,26,27,28)/t15-/m1/s1. The number of aromatic nitrogens is 5. The van der Waals surface area contributed by atoms with Crippen molar-refractivity contribution in [1.82, 2.24) is 29.9 Å². The molecular weight excluding hydrogens is 456 g/mol. The van der Waals surface area contributed by atoms with E-state index in [1.54, 1.807) is 0 Å². The number of likely N-dealkylation sites (tertiary alicyclic amines) is 1. The number of hydrogen-bond acceptors (Lipinski definition) is 6. The largest absolute Gasteiger partial charge is 0.419 e. The maximum absolute atomic E-state index is 14.6. The van der Waals surface area contributed by atoms with Gasteiger partial charge in [0.1, 0.15) is 17.5 Å². The van der Waals surface area contributed by atoms with Crippen LogP contribution in [0.25, 0.3) is 5.69 Å². The SMILES string of the molecule is O=C(c1ccc(F)cc1-n1nccn1)N1CCC(F)(F)[C@H]1CNc1ncc(C(F)(F)F)cn1. The van der Waals surface area contributed by atoms with E-state index in [-0.39, 0.29) is 23.7 Å². The quantitative estimate of drug-likeness (QED) is 0.576. The molecule has 0 unspecified atom stereocenters. The highest BCUT2D eigenvalue weighted by atomic mass is 19.4. The van der Waals surface area contributed by atoms with E-state index in [9.17, 15) is 31.1 Å². The van der Waals surface area contributed by atoms with Crippen molar-refractivity contribution >= 4 is 11.9 Å². The van der Waals surface area contributed by atoms with Gasteiger partial charge in [0.05, 0.1) is 23.5 Å². The first-order valence-corrected chi connectivity index (χ1v) is 9.54. The zero-order valence-electron chi connectivity index (χ0n) is 16.6. The van der Waals surface area contributed by atoms with E-state index in [4.69, 9.17) is 0 Å². The smallest absolute Gasteiger partial charge is 0.352 e. The van der Waals surface area contributed by atoms with Crippen molar-refractivity contribution < 1.29 is 31.1 Å². The Bertz CT molecular complexity index is 1130. The third kappa shape index (κ3) is 4.59. The lowest BCUT2D eigenvalue weighted by molar-refractivity contribution is -0.138. The zero-order valence-corrected chi connectivity index (χ0v) is 16.6. The Morgan fingerprint density at radius 3 is 2.45 bits per heavy atom. The van der Waals surface area contributed by atoms with Crippen LogP contribution in [0.4, 0.5) is 32.3 Å². The molecule has 0 aliphatic carbocycles. The summed E-state index contributed by atoms with van der Waals surface area (Å²) in [7, 11) is 0. The van der Waals surface area contributed by atoms with E-state index in [1.165, 1.54) is 12.4 Å². The number of nitrogens with one attached hydrogen (secondary N) is 1. The third-order valence-corrected chi connectivity index (χ3v) is 5.07. The normalized spacial score (nSPS) is 17.9. The first-order valence-electron chi connectivity index (χ1n) is 9.54. The first-order chi connectivity index (χ1) is 15.6. The van der Waals surface area contributed by atoms with Crippen molar-refractivity contribution in [1.29, 1.82) is 0 Å². The van der Waals surface area contributed by atoms with Crippen LogP contribution >= 0.6 is 0 Å². The minimum Gasteiger partial charge on any atom is -0.352 e. The number of carbonyl (C=O) groups excluding carboxylic acids is 1. The van der Waals surface area contributed by atoms with Gasteiger partial charge in [-0.1, -0.05) is 0 Å². The van der Waals surface area contributed by atoms with E-state index in [2.05, 4.69) is 25.5 Å². The molecule has 1 fully saturated rings. The molecule has 2 aromatic heterocycles. The second-order valence-corrected chi connectivity index (χ2v) is 7.18. The Labute approximate surface area is 182 Å². The molecule has 1 aliphatic rings. The van der Waals surface area contributed by atoms with E-state index >= 15 is 0 Å². The molecule has 33 heavy (non-hydrogen) atoms. The molecule has 0 radical (unpaired) electrons. The van der Waals surface area contributed by atoms with E-state index in [0.29, 0.717) is 12.4 Å². The molecule has 4 rings (SSSR count).